The predicted molar refractivity (Wildman–Crippen MR) is 113 cm³/mol. The van der Waals surface area contributed by atoms with Gasteiger partial charge in [0.2, 0.25) is 0 Å². The Kier molecular flexibility index (Phi) is 7.60. The standard InChI is InChI=1S/C14H16ClN3O2S.C7H4FNO/c15-12-1-2-13(11(7-12)8-16)21(19)18-5-3-14(10-18)9-17-4-6-20-14;8-7-3-6(10)2-1-5(7)4-9/h1-2,7,17H,3-6,9-10H2;1-3,10H. The summed E-state index contributed by atoms with van der Waals surface area (Å²) in [5.41, 5.74) is 0.0647. The van der Waals surface area contributed by atoms with Crippen molar-refractivity contribution in [1.29, 1.82) is 10.5 Å². The first kappa shape index (κ1) is 23.1. The molecule has 2 saturated heterocycles. The number of phenolic OH excluding ortho intramolecular Hbond substituents is 1. The maximum Gasteiger partial charge on any atom is 0.144 e. The molecule has 2 aromatic rings. The zero-order chi connectivity index (χ0) is 22.4. The molecule has 2 heterocycles. The van der Waals surface area contributed by atoms with Crippen molar-refractivity contribution >= 4 is 22.6 Å². The Morgan fingerprint density at radius 3 is 2.65 bits per heavy atom. The topological polar surface area (TPSA) is 109 Å². The summed E-state index contributed by atoms with van der Waals surface area (Å²) in [4.78, 5) is 0.516. The third kappa shape index (κ3) is 5.59. The van der Waals surface area contributed by atoms with Gasteiger partial charge < -0.3 is 15.2 Å². The van der Waals surface area contributed by atoms with E-state index in [-0.39, 0.29) is 16.9 Å². The van der Waals surface area contributed by atoms with Crippen molar-refractivity contribution in [3.05, 3.63) is 58.4 Å². The number of phenols is 1. The number of benzene rings is 2. The molecule has 0 amide bonds. The Balaban J connectivity index is 0.000000229. The maximum atomic E-state index is 12.7. The Morgan fingerprint density at radius 1 is 1.23 bits per heavy atom. The van der Waals surface area contributed by atoms with Gasteiger partial charge in [0.05, 0.1) is 28.2 Å². The molecule has 2 N–H and O–H groups in total. The fraction of sp³-hybridized carbons (Fsp3) is 0.333. The van der Waals surface area contributed by atoms with Gasteiger partial charge in [-0.3, -0.25) is 0 Å². The van der Waals surface area contributed by atoms with Gasteiger partial charge in [0.25, 0.3) is 0 Å². The second kappa shape index (κ2) is 10.2. The van der Waals surface area contributed by atoms with Crippen molar-refractivity contribution in [2.24, 2.45) is 0 Å². The highest BCUT2D eigenvalue weighted by Crippen LogP contribution is 2.30. The summed E-state index contributed by atoms with van der Waals surface area (Å²) in [6.07, 6.45) is 0.848. The van der Waals surface area contributed by atoms with Crippen LogP contribution in [0.25, 0.3) is 0 Å². The minimum atomic E-state index is -1.36. The lowest BCUT2D eigenvalue weighted by Gasteiger charge is -2.34. The van der Waals surface area contributed by atoms with Crippen LogP contribution in [0, 0.1) is 28.5 Å². The highest BCUT2D eigenvalue weighted by atomic mass is 35.5. The third-order valence-electron chi connectivity index (χ3n) is 4.97. The molecule has 10 heteroatoms. The summed E-state index contributed by atoms with van der Waals surface area (Å²) in [7, 11) is -1.36. The van der Waals surface area contributed by atoms with E-state index in [1.165, 1.54) is 12.1 Å². The lowest BCUT2D eigenvalue weighted by molar-refractivity contribution is -0.0538. The molecule has 0 saturated carbocycles. The molecule has 0 bridgehead atoms. The van der Waals surface area contributed by atoms with Crippen LogP contribution in [0.1, 0.15) is 17.5 Å². The largest absolute Gasteiger partial charge is 0.508 e. The average Bonchev–Trinajstić information content (AvgIpc) is 3.17. The smallest absolute Gasteiger partial charge is 0.144 e. The molecule has 2 aliphatic heterocycles. The summed E-state index contributed by atoms with van der Waals surface area (Å²) in [6.45, 7) is 3.64. The van der Waals surface area contributed by atoms with Crippen LogP contribution in [0.2, 0.25) is 5.02 Å². The second-order valence-electron chi connectivity index (χ2n) is 7.10. The molecule has 31 heavy (non-hydrogen) atoms. The normalized spacial score (nSPS) is 21.5. The van der Waals surface area contributed by atoms with Gasteiger partial charge in [-0.1, -0.05) is 11.6 Å². The molecule has 1 spiro atoms. The molecule has 4 rings (SSSR count). The van der Waals surface area contributed by atoms with Crippen LogP contribution in [0.15, 0.2) is 41.3 Å². The van der Waals surface area contributed by atoms with Crippen LogP contribution in [-0.4, -0.2) is 52.0 Å². The molecule has 2 unspecified atom stereocenters. The molecular weight excluding hydrogens is 443 g/mol. The van der Waals surface area contributed by atoms with Crippen LogP contribution in [0.5, 0.6) is 5.75 Å². The van der Waals surface area contributed by atoms with E-state index in [0.29, 0.717) is 35.2 Å². The van der Waals surface area contributed by atoms with E-state index in [2.05, 4.69) is 11.4 Å². The van der Waals surface area contributed by atoms with E-state index in [1.807, 2.05) is 4.31 Å². The van der Waals surface area contributed by atoms with Crippen molar-refractivity contribution in [3.8, 4) is 17.9 Å². The fourth-order valence-electron chi connectivity index (χ4n) is 3.39. The summed E-state index contributed by atoms with van der Waals surface area (Å²) in [5.74, 6) is -0.862. The van der Waals surface area contributed by atoms with Crippen molar-refractivity contribution in [2.75, 3.05) is 32.8 Å². The number of nitriles is 2. The van der Waals surface area contributed by atoms with Crippen LogP contribution in [-0.2, 0) is 15.7 Å². The molecule has 2 atom stereocenters. The lowest BCUT2D eigenvalue weighted by Crippen LogP contribution is -2.51. The number of ether oxygens (including phenoxy) is 1. The number of halogens is 2. The molecular formula is C21H20ClFN4O3S. The molecule has 0 aromatic heterocycles. The van der Waals surface area contributed by atoms with Gasteiger partial charge in [0.15, 0.2) is 0 Å². The van der Waals surface area contributed by atoms with E-state index in [9.17, 15) is 13.9 Å². The second-order valence-corrected chi connectivity index (χ2v) is 8.99. The Bertz CT molecular complexity index is 1060. The van der Waals surface area contributed by atoms with Crippen molar-refractivity contribution in [3.63, 3.8) is 0 Å². The van der Waals surface area contributed by atoms with Crippen molar-refractivity contribution in [2.45, 2.75) is 16.9 Å². The molecule has 0 radical (unpaired) electrons. The van der Waals surface area contributed by atoms with Gasteiger partial charge >= 0.3 is 0 Å². The van der Waals surface area contributed by atoms with Gasteiger partial charge in [0, 0.05) is 37.3 Å². The monoisotopic (exact) mass is 462 g/mol. The van der Waals surface area contributed by atoms with E-state index in [0.717, 1.165) is 25.6 Å². The first-order chi connectivity index (χ1) is 14.9. The van der Waals surface area contributed by atoms with Crippen molar-refractivity contribution < 1.29 is 18.4 Å². The highest BCUT2D eigenvalue weighted by Gasteiger charge is 2.42. The first-order valence-corrected chi connectivity index (χ1v) is 11.0. The average molecular weight is 463 g/mol. The number of morpholine rings is 1. The quantitative estimate of drug-likeness (QED) is 0.710. The highest BCUT2D eigenvalue weighted by molar-refractivity contribution is 7.82. The first-order valence-electron chi connectivity index (χ1n) is 9.47. The molecule has 162 valence electrons. The predicted octanol–water partition coefficient (Wildman–Crippen LogP) is 2.70. The molecule has 0 aliphatic carbocycles. The molecule has 7 nitrogen and oxygen atoms in total. The van der Waals surface area contributed by atoms with E-state index < -0.39 is 16.8 Å². The molecule has 2 aromatic carbocycles. The van der Waals surface area contributed by atoms with E-state index in [4.69, 9.17) is 26.7 Å². The van der Waals surface area contributed by atoms with E-state index >= 15 is 0 Å². The fourth-order valence-corrected chi connectivity index (χ4v) is 4.93. The zero-order valence-electron chi connectivity index (χ0n) is 16.5. The SMILES string of the molecule is N#Cc1cc(Cl)ccc1S(=O)N1CCC2(CNCCO2)C1.N#Cc1ccc(O)cc1F. The van der Waals surface area contributed by atoms with Crippen LogP contribution >= 0.6 is 11.6 Å². The number of rotatable bonds is 2. The third-order valence-corrected chi connectivity index (χ3v) is 6.72. The maximum absolute atomic E-state index is 12.7. The Hall–Kier alpha value is -2.53. The minimum Gasteiger partial charge on any atom is -0.508 e. The number of aromatic hydroxyl groups is 1. The summed E-state index contributed by atoms with van der Waals surface area (Å²) < 4.78 is 33.0. The van der Waals surface area contributed by atoms with E-state index in [1.54, 1.807) is 24.3 Å². The number of nitrogens with zero attached hydrogens (tertiary/aromatic N) is 3. The summed E-state index contributed by atoms with van der Waals surface area (Å²) in [5, 5.41) is 29.9. The number of hydrogen-bond acceptors (Lipinski definition) is 6. The van der Waals surface area contributed by atoms with Crippen LogP contribution in [0.3, 0.4) is 0 Å². The number of hydrogen-bond donors (Lipinski definition) is 2. The summed E-state index contributed by atoms with van der Waals surface area (Å²) in [6, 6.07) is 12.0. The van der Waals surface area contributed by atoms with Gasteiger partial charge in [-0.25, -0.2) is 12.9 Å². The summed E-state index contributed by atoms with van der Waals surface area (Å²) >= 11 is 5.88. The van der Waals surface area contributed by atoms with Gasteiger partial charge in [-0.2, -0.15) is 10.5 Å². The molecule has 2 fully saturated rings. The Labute approximate surface area is 187 Å². The van der Waals surface area contributed by atoms with Gasteiger partial charge in [-0.15, -0.1) is 0 Å². The lowest BCUT2D eigenvalue weighted by atomic mass is 10.0. The number of nitrogens with one attached hydrogen (secondary N) is 1. The van der Waals surface area contributed by atoms with Gasteiger partial charge in [-0.05, 0) is 36.8 Å². The molecule has 2 aliphatic rings. The van der Waals surface area contributed by atoms with Crippen LogP contribution < -0.4 is 5.32 Å². The zero-order valence-corrected chi connectivity index (χ0v) is 18.0. The van der Waals surface area contributed by atoms with Gasteiger partial charge in [0.1, 0.15) is 34.7 Å². The van der Waals surface area contributed by atoms with Crippen molar-refractivity contribution in [1.82, 2.24) is 9.62 Å². The van der Waals surface area contributed by atoms with Crippen LogP contribution in [0.4, 0.5) is 4.39 Å². The minimum absolute atomic E-state index is 0.0576. The Morgan fingerprint density at radius 2 is 2.00 bits per heavy atom.